The smallest absolute Gasteiger partial charge is 0.282 e. The van der Waals surface area contributed by atoms with Gasteiger partial charge in [0.15, 0.2) is 5.57 Å². The van der Waals surface area contributed by atoms with E-state index in [4.69, 9.17) is 0 Å². The molecule has 0 aliphatic rings. The summed E-state index contributed by atoms with van der Waals surface area (Å²) in [6.07, 6.45) is 1.85. The maximum Gasteiger partial charge on any atom is 0.282 e. The fourth-order valence-corrected chi connectivity index (χ4v) is 2.84. The van der Waals surface area contributed by atoms with Crippen molar-refractivity contribution in [1.29, 1.82) is 5.26 Å². The van der Waals surface area contributed by atoms with E-state index >= 15 is 0 Å². The Hall–Kier alpha value is -1.86. The Kier molecular flexibility index (Phi) is 3.12. The zero-order valence-corrected chi connectivity index (χ0v) is 11.0. The van der Waals surface area contributed by atoms with Crippen molar-refractivity contribution in [3.05, 3.63) is 35.5 Å². The van der Waals surface area contributed by atoms with Gasteiger partial charge in [0.2, 0.25) is 5.52 Å². The van der Waals surface area contributed by atoms with Crippen molar-refractivity contribution in [3.63, 3.8) is 0 Å². The van der Waals surface area contributed by atoms with Crippen LogP contribution in [0.5, 0.6) is 0 Å². The van der Waals surface area contributed by atoms with Crippen LogP contribution in [0.1, 0.15) is 5.01 Å². The molecule has 1 aromatic carbocycles. The molecular weight excluding hydrogens is 230 g/mol. The first-order chi connectivity index (χ1) is 8.13. The summed E-state index contributed by atoms with van der Waals surface area (Å²) in [5, 5.41) is 10.2. The second kappa shape index (κ2) is 4.56. The van der Waals surface area contributed by atoms with E-state index < -0.39 is 0 Å². The Labute approximate surface area is 105 Å². The molecule has 3 nitrogen and oxygen atoms in total. The lowest BCUT2D eigenvalue weighted by Gasteiger charge is -2.03. The molecule has 0 aliphatic carbocycles. The lowest BCUT2D eigenvalue weighted by Crippen LogP contribution is -2.30. The van der Waals surface area contributed by atoms with Gasteiger partial charge in [-0.3, -0.25) is 0 Å². The first-order valence-corrected chi connectivity index (χ1v) is 6.11. The average Bonchev–Trinajstić information content (AvgIpc) is 2.64. The van der Waals surface area contributed by atoms with Gasteiger partial charge in [-0.2, -0.15) is 9.83 Å². The van der Waals surface area contributed by atoms with Gasteiger partial charge in [0, 0.05) is 26.4 Å². The lowest BCUT2D eigenvalue weighted by atomic mass is 10.3. The second-order valence-electron chi connectivity index (χ2n) is 4.05. The van der Waals surface area contributed by atoms with E-state index in [-0.39, 0.29) is 0 Å². The van der Waals surface area contributed by atoms with Crippen molar-refractivity contribution >= 4 is 27.1 Å². The van der Waals surface area contributed by atoms with Gasteiger partial charge in [-0.25, -0.2) is 0 Å². The minimum absolute atomic E-state index is 0.693. The fraction of sp³-hybridized carbons (Fsp3) is 0.231. The molecule has 0 fully saturated rings. The lowest BCUT2D eigenvalue weighted by molar-refractivity contribution is -0.642. The molecule has 2 aromatic rings. The maximum absolute atomic E-state index is 9.23. The predicted octanol–water partition coefficient (Wildman–Crippen LogP) is 2.15. The quantitative estimate of drug-likeness (QED) is 0.598. The van der Waals surface area contributed by atoms with Gasteiger partial charge in [0.05, 0.1) is 0 Å². The van der Waals surface area contributed by atoms with Crippen LogP contribution in [0, 0.1) is 11.3 Å². The van der Waals surface area contributed by atoms with Gasteiger partial charge in [-0.1, -0.05) is 23.5 Å². The molecule has 2 rings (SSSR count). The molecule has 17 heavy (non-hydrogen) atoms. The number of nitrogens with zero attached hydrogens (tertiary/aromatic N) is 3. The summed E-state index contributed by atoms with van der Waals surface area (Å²) in [6.45, 7) is 0. The van der Waals surface area contributed by atoms with Crippen LogP contribution in [0.15, 0.2) is 30.5 Å². The third-order valence-corrected chi connectivity index (χ3v) is 3.73. The van der Waals surface area contributed by atoms with Crippen LogP contribution in [0.3, 0.4) is 0 Å². The van der Waals surface area contributed by atoms with E-state index in [1.165, 1.54) is 4.70 Å². The molecule has 0 aliphatic heterocycles. The summed E-state index contributed by atoms with van der Waals surface area (Å²) in [5.74, 6) is 0. The highest BCUT2D eigenvalue weighted by Gasteiger charge is 2.20. The average molecular weight is 244 g/mol. The number of nitriles is 1. The number of aryl methyl sites for hydroxylation is 1. The van der Waals surface area contributed by atoms with Gasteiger partial charge in [0.1, 0.15) is 17.8 Å². The third kappa shape index (κ3) is 2.15. The monoisotopic (exact) mass is 244 g/mol. The molecule has 0 spiro atoms. The van der Waals surface area contributed by atoms with E-state index in [1.54, 1.807) is 11.3 Å². The molecular formula is C13H14N3S+. The highest BCUT2D eigenvalue weighted by Crippen LogP contribution is 2.24. The minimum Gasteiger partial charge on any atom is -0.382 e. The third-order valence-electron chi connectivity index (χ3n) is 2.48. The number of rotatable bonds is 2. The Morgan fingerprint density at radius 1 is 1.41 bits per heavy atom. The molecule has 0 atom stereocenters. The molecule has 86 valence electrons. The van der Waals surface area contributed by atoms with Crippen molar-refractivity contribution in [2.24, 2.45) is 7.05 Å². The van der Waals surface area contributed by atoms with Crippen LogP contribution in [0.4, 0.5) is 0 Å². The Bertz CT molecular complexity index is 617. The van der Waals surface area contributed by atoms with Gasteiger partial charge in [0.25, 0.3) is 5.01 Å². The van der Waals surface area contributed by atoms with Crippen LogP contribution >= 0.6 is 11.3 Å². The van der Waals surface area contributed by atoms with Crippen LogP contribution in [-0.4, -0.2) is 19.0 Å². The van der Waals surface area contributed by atoms with Gasteiger partial charge >= 0.3 is 0 Å². The fourth-order valence-electron chi connectivity index (χ4n) is 1.73. The zero-order chi connectivity index (χ0) is 12.4. The van der Waals surface area contributed by atoms with Crippen LogP contribution in [-0.2, 0) is 7.05 Å². The first kappa shape index (κ1) is 11.6. The van der Waals surface area contributed by atoms with Crippen molar-refractivity contribution in [2.45, 2.75) is 0 Å². The van der Waals surface area contributed by atoms with Crippen molar-refractivity contribution < 1.29 is 4.57 Å². The zero-order valence-electron chi connectivity index (χ0n) is 10.1. The number of hydrogen-bond donors (Lipinski definition) is 0. The molecule has 4 heteroatoms. The molecule has 0 unspecified atom stereocenters. The topological polar surface area (TPSA) is 30.9 Å². The second-order valence-corrected chi connectivity index (χ2v) is 5.08. The molecule has 0 radical (unpaired) electrons. The van der Waals surface area contributed by atoms with Crippen LogP contribution in [0.25, 0.3) is 15.8 Å². The summed E-state index contributed by atoms with van der Waals surface area (Å²) in [6, 6.07) is 10.4. The summed E-state index contributed by atoms with van der Waals surface area (Å²) in [7, 11) is 5.84. The SMILES string of the molecule is CN(C)/C=C(\C#N)c1sc2ccccc2[n+]1C. The molecule has 1 heterocycles. The summed E-state index contributed by atoms with van der Waals surface area (Å²) >= 11 is 1.64. The number of para-hydroxylation sites is 1. The van der Waals surface area contributed by atoms with Gasteiger partial charge in [-0.05, 0) is 6.07 Å². The highest BCUT2D eigenvalue weighted by atomic mass is 32.1. The van der Waals surface area contributed by atoms with E-state index in [2.05, 4.69) is 22.8 Å². The molecule has 0 saturated carbocycles. The van der Waals surface area contributed by atoms with Crippen molar-refractivity contribution in [3.8, 4) is 6.07 Å². The van der Waals surface area contributed by atoms with E-state index in [1.807, 2.05) is 44.4 Å². The number of aromatic nitrogens is 1. The molecule has 0 amide bonds. The summed E-state index contributed by atoms with van der Waals surface area (Å²) in [4.78, 5) is 1.89. The Morgan fingerprint density at radius 2 is 2.12 bits per heavy atom. The largest absolute Gasteiger partial charge is 0.382 e. The molecule has 0 saturated heterocycles. The molecule has 0 N–H and O–H groups in total. The van der Waals surface area contributed by atoms with Crippen LogP contribution < -0.4 is 4.57 Å². The number of thiazole rings is 1. The predicted molar refractivity (Wildman–Crippen MR) is 70.3 cm³/mol. The highest BCUT2D eigenvalue weighted by molar-refractivity contribution is 7.19. The minimum atomic E-state index is 0.693. The number of fused-ring (bicyclic) bond motifs is 1. The Morgan fingerprint density at radius 3 is 2.71 bits per heavy atom. The maximum atomic E-state index is 9.23. The Balaban J connectivity index is 2.64. The molecule has 0 bridgehead atoms. The van der Waals surface area contributed by atoms with Gasteiger partial charge < -0.3 is 4.90 Å². The van der Waals surface area contributed by atoms with Gasteiger partial charge in [-0.15, -0.1) is 0 Å². The van der Waals surface area contributed by atoms with Crippen molar-refractivity contribution in [1.82, 2.24) is 4.90 Å². The number of hydrogen-bond acceptors (Lipinski definition) is 3. The summed E-state index contributed by atoms with van der Waals surface area (Å²) < 4.78 is 3.27. The van der Waals surface area contributed by atoms with Crippen molar-refractivity contribution in [2.75, 3.05) is 14.1 Å². The normalized spacial score (nSPS) is 11.5. The number of allylic oxidation sites excluding steroid dienone is 1. The van der Waals surface area contributed by atoms with E-state index in [0.717, 1.165) is 10.5 Å². The number of benzene rings is 1. The standard InChI is InChI=1S/C13H14N3S/c1-15(2)9-10(8-14)13-16(3)11-6-4-5-7-12(11)17-13/h4-7,9H,1-3H3/q+1. The van der Waals surface area contributed by atoms with E-state index in [9.17, 15) is 5.26 Å². The summed E-state index contributed by atoms with van der Waals surface area (Å²) in [5.41, 5.74) is 1.85. The van der Waals surface area contributed by atoms with E-state index in [0.29, 0.717) is 5.57 Å². The molecule has 1 aromatic heterocycles. The van der Waals surface area contributed by atoms with Crippen LogP contribution in [0.2, 0.25) is 0 Å². The first-order valence-electron chi connectivity index (χ1n) is 5.29.